The van der Waals surface area contributed by atoms with Crippen LogP contribution in [0.3, 0.4) is 0 Å². The van der Waals surface area contributed by atoms with Gasteiger partial charge in [-0.15, -0.1) is 0 Å². The van der Waals surface area contributed by atoms with Crippen LogP contribution in [0.15, 0.2) is 41.2 Å². The summed E-state index contributed by atoms with van der Waals surface area (Å²) in [6.45, 7) is 0.600. The highest BCUT2D eigenvalue weighted by atomic mass is 79.9. The van der Waals surface area contributed by atoms with E-state index in [4.69, 9.17) is 25.9 Å². The van der Waals surface area contributed by atoms with E-state index >= 15 is 0 Å². The monoisotopic (exact) mass is 611 g/mol. The number of nitrogens with two attached hydrogens (primary N) is 2. The molecule has 12 heteroatoms. The Labute approximate surface area is 238 Å². The third-order valence-electron chi connectivity index (χ3n) is 7.29. The summed E-state index contributed by atoms with van der Waals surface area (Å²) < 4.78 is 12.9. The van der Waals surface area contributed by atoms with Gasteiger partial charge in [-0.1, -0.05) is 34.1 Å². The van der Waals surface area contributed by atoms with Gasteiger partial charge < -0.3 is 30.8 Å². The van der Waals surface area contributed by atoms with Gasteiger partial charge in [-0.3, -0.25) is 9.59 Å². The fourth-order valence-corrected chi connectivity index (χ4v) is 5.86. The normalized spacial score (nSPS) is 17.9. The lowest BCUT2D eigenvalue weighted by molar-refractivity contribution is -0.186. The Hall–Kier alpha value is -3.61. The number of hydrogen-bond acceptors (Lipinski definition) is 9. The number of aromatic nitrogens is 2. The molecule has 0 fully saturated rings. The number of pyridine rings is 2. The second-order valence-corrected chi connectivity index (χ2v) is 10.5. The molecule has 210 valence electrons. The Kier molecular flexibility index (Phi) is 8.02. The molecule has 0 aliphatic carbocycles. The first-order valence-corrected chi connectivity index (χ1v) is 14.3. The van der Waals surface area contributed by atoms with E-state index in [1.54, 1.807) is 10.6 Å². The summed E-state index contributed by atoms with van der Waals surface area (Å²) >= 11 is 3.34. The second-order valence-electron chi connectivity index (χ2n) is 9.90. The largest absolute Gasteiger partial charge is 0.457 e. The molecule has 0 bridgehead atoms. The number of carbonyl (C=O) groups is 3. The molecular weight excluding hydrogens is 582 g/mol. The van der Waals surface area contributed by atoms with Crippen LogP contribution in [0.25, 0.3) is 22.3 Å². The first-order valence-electron chi connectivity index (χ1n) is 13.1. The van der Waals surface area contributed by atoms with E-state index in [0.717, 1.165) is 16.5 Å². The third-order valence-corrected chi connectivity index (χ3v) is 8.08. The van der Waals surface area contributed by atoms with Gasteiger partial charge in [0.2, 0.25) is 11.5 Å². The van der Waals surface area contributed by atoms with E-state index in [-0.39, 0.29) is 48.0 Å². The molecule has 1 amide bonds. The first kappa shape index (κ1) is 27.9. The van der Waals surface area contributed by atoms with Crippen LogP contribution in [0, 0.1) is 0 Å². The molecule has 5 rings (SSSR count). The number of rotatable bonds is 10. The molecule has 11 nitrogen and oxygen atoms in total. The van der Waals surface area contributed by atoms with Crippen LogP contribution in [-0.2, 0) is 42.6 Å². The van der Waals surface area contributed by atoms with Crippen molar-refractivity contribution in [3.05, 3.63) is 63.4 Å². The average molecular weight is 612 g/mol. The van der Waals surface area contributed by atoms with Crippen LogP contribution in [-0.4, -0.2) is 51.9 Å². The summed E-state index contributed by atoms with van der Waals surface area (Å²) in [4.78, 5) is 57.6. The Morgan fingerprint density at radius 3 is 2.73 bits per heavy atom. The minimum absolute atomic E-state index is 0.0269. The number of ether oxygens (including phenoxy) is 2. The molecule has 2 aliphatic rings. The minimum atomic E-state index is -1.94. The molecule has 0 spiro atoms. The number of hydrogen-bond donors (Lipinski definition) is 3. The van der Waals surface area contributed by atoms with E-state index in [2.05, 4.69) is 21.2 Å². The first-order chi connectivity index (χ1) is 19.3. The summed E-state index contributed by atoms with van der Waals surface area (Å²) in [5.74, 6) is -2.05. The van der Waals surface area contributed by atoms with E-state index in [0.29, 0.717) is 37.3 Å². The number of esters is 2. The van der Waals surface area contributed by atoms with Gasteiger partial charge in [-0.2, -0.15) is 0 Å². The number of alkyl halides is 1. The maximum absolute atomic E-state index is 13.7. The van der Waals surface area contributed by atoms with Gasteiger partial charge >= 0.3 is 11.9 Å². The molecule has 2 atom stereocenters. The molecule has 0 saturated carbocycles. The third kappa shape index (κ3) is 4.91. The summed E-state index contributed by atoms with van der Waals surface area (Å²) in [6, 6.07) is 10.3. The number of unbranched alkanes of at least 4 members (excludes halogenated alkanes) is 1. The van der Waals surface area contributed by atoms with Crippen molar-refractivity contribution in [2.75, 3.05) is 18.4 Å². The van der Waals surface area contributed by atoms with Crippen LogP contribution in [0.5, 0.6) is 0 Å². The Morgan fingerprint density at radius 2 is 1.98 bits per heavy atom. The lowest BCUT2D eigenvalue weighted by Gasteiger charge is -2.36. The molecule has 2 aromatic heterocycles. The van der Waals surface area contributed by atoms with E-state index in [1.807, 2.05) is 30.3 Å². The molecule has 1 aromatic carbocycles. The highest BCUT2D eigenvalue weighted by Gasteiger charge is 2.52. The van der Waals surface area contributed by atoms with E-state index in [9.17, 15) is 19.2 Å². The zero-order valence-corrected chi connectivity index (χ0v) is 23.4. The van der Waals surface area contributed by atoms with Gasteiger partial charge in [0.15, 0.2) is 0 Å². The summed E-state index contributed by atoms with van der Waals surface area (Å²) in [7, 11) is 0. The van der Waals surface area contributed by atoms with Crippen molar-refractivity contribution < 1.29 is 23.9 Å². The van der Waals surface area contributed by atoms with Gasteiger partial charge in [0.1, 0.15) is 12.6 Å². The van der Waals surface area contributed by atoms with Gasteiger partial charge in [-0.25, -0.2) is 14.6 Å². The van der Waals surface area contributed by atoms with E-state index < -0.39 is 29.5 Å². The van der Waals surface area contributed by atoms with Crippen molar-refractivity contribution in [2.24, 2.45) is 11.5 Å². The number of halogens is 1. The maximum atomic E-state index is 13.7. The van der Waals surface area contributed by atoms with Gasteiger partial charge in [0.05, 0.1) is 34.3 Å². The van der Waals surface area contributed by atoms with Crippen LogP contribution in [0.1, 0.15) is 42.4 Å². The lowest BCUT2D eigenvalue weighted by Crippen LogP contribution is -2.52. The maximum Gasteiger partial charge on any atom is 0.356 e. The Bertz CT molecular complexity index is 1560. The number of benzene rings is 1. The van der Waals surface area contributed by atoms with Gasteiger partial charge in [-0.05, 0) is 44.0 Å². The standard InChI is InChI=1S/C28H30BrN5O6/c29-15-28(40-26(37)21(7-3-4-9-30)32-23(35)8-10-31)19-12-22-24-17(11-16-5-1-2-6-20(16)33-24)13-34(22)25(36)18(19)14-39-27(28)38/h1-2,5-6,11-12,21H,3-4,7-10,13-15,30-31H2,(H,32,35)/t21?,28-/m1/s1. The zero-order chi connectivity index (χ0) is 28.4. The quantitative estimate of drug-likeness (QED) is 0.137. The molecule has 0 saturated heterocycles. The predicted octanol–water partition coefficient (Wildman–Crippen LogP) is 1.58. The molecule has 4 heterocycles. The molecule has 40 heavy (non-hydrogen) atoms. The average Bonchev–Trinajstić information content (AvgIpc) is 3.30. The number of nitrogens with one attached hydrogen (secondary N) is 1. The van der Waals surface area contributed by atoms with Gasteiger partial charge in [0, 0.05) is 29.5 Å². The van der Waals surface area contributed by atoms with Crippen molar-refractivity contribution >= 4 is 44.7 Å². The van der Waals surface area contributed by atoms with Crippen molar-refractivity contribution in [3.63, 3.8) is 0 Å². The Balaban J connectivity index is 1.56. The van der Waals surface area contributed by atoms with Crippen molar-refractivity contribution in [2.45, 2.75) is 50.5 Å². The number of nitrogens with zero attached hydrogens (tertiary/aromatic N) is 2. The fourth-order valence-electron chi connectivity index (χ4n) is 5.21. The SMILES string of the molecule is NCCCCC(NC(=O)CCN)C(=O)O[C@@]1(CBr)C(=O)OCc2c1cc1n(c2=O)Cc2cc3ccccc3nc2-1. The number of cyclic esters (lactones) is 1. The number of carbonyl (C=O) groups excluding carboxylic acids is 3. The predicted molar refractivity (Wildman–Crippen MR) is 150 cm³/mol. The highest BCUT2D eigenvalue weighted by molar-refractivity contribution is 9.09. The van der Waals surface area contributed by atoms with Crippen molar-refractivity contribution in [3.8, 4) is 11.4 Å². The van der Waals surface area contributed by atoms with Crippen LogP contribution in [0.4, 0.5) is 0 Å². The van der Waals surface area contributed by atoms with Crippen molar-refractivity contribution in [1.29, 1.82) is 0 Å². The molecule has 2 aliphatic heterocycles. The fraction of sp³-hybridized carbons (Fsp3) is 0.393. The summed E-state index contributed by atoms with van der Waals surface area (Å²) in [5, 5.41) is 3.44. The topological polar surface area (TPSA) is 169 Å². The van der Waals surface area contributed by atoms with Gasteiger partial charge in [0.25, 0.3) is 5.56 Å². The molecule has 1 unspecified atom stereocenters. The highest BCUT2D eigenvalue weighted by Crippen LogP contribution is 2.40. The second kappa shape index (κ2) is 11.5. The van der Waals surface area contributed by atoms with Crippen LogP contribution < -0.4 is 22.3 Å². The molecule has 0 radical (unpaired) electrons. The van der Waals surface area contributed by atoms with Crippen LogP contribution in [0.2, 0.25) is 0 Å². The Morgan fingerprint density at radius 1 is 1.18 bits per heavy atom. The summed E-state index contributed by atoms with van der Waals surface area (Å²) in [6.07, 6.45) is 1.46. The smallest absolute Gasteiger partial charge is 0.356 e. The number of amides is 1. The van der Waals surface area contributed by atoms with E-state index in [1.165, 1.54) is 0 Å². The number of para-hydroxylation sites is 1. The zero-order valence-electron chi connectivity index (χ0n) is 21.8. The minimum Gasteiger partial charge on any atom is -0.457 e. The number of fused-ring (bicyclic) bond motifs is 5. The molecule has 3 aromatic rings. The molecular formula is C28H30BrN5O6. The van der Waals surface area contributed by atoms with Crippen LogP contribution >= 0.6 is 15.9 Å². The lowest BCUT2D eigenvalue weighted by atomic mass is 9.89. The molecule has 5 N–H and O–H groups in total. The summed E-state index contributed by atoms with van der Waals surface area (Å²) in [5.41, 5.74) is 12.1. The van der Waals surface area contributed by atoms with Crippen molar-refractivity contribution in [1.82, 2.24) is 14.9 Å².